The van der Waals surface area contributed by atoms with Gasteiger partial charge in [0, 0.05) is 11.3 Å². The van der Waals surface area contributed by atoms with Crippen molar-refractivity contribution in [1.29, 1.82) is 0 Å². The lowest BCUT2D eigenvalue weighted by molar-refractivity contribution is 0.102. The van der Waals surface area contributed by atoms with Crippen LogP contribution in [0.2, 0.25) is 0 Å². The maximum Gasteiger partial charge on any atom is 0.255 e. The molecule has 3 nitrogen and oxygen atoms in total. The summed E-state index contributed by atoms with van der Waals surface area (Å²) in [6.07, 6.45) is 0. The number of carbonyl (C=O) groups excluding carboxylic acids is 1. The average molecular weight is 272 g/mol. The Labute approximate surface area is 117 Å². The lowest BCUT2D eigenvalue weighted by atomic mass is 10.1. The molecule has 0 aliphatic carbocycles. The highest BCUT2D eigenvalue weighted by molar-refractivity contribution is 6.05. The van der Waals surface area contributed by atoms with Crippen LogP contribution in [0.1, 0.15) is 32.9 Å². The zero-order valence-corrected chi connectivity index (χ0v) is 12.0. The highest BCUT2D eigenvalue weighted by Gasteiger charge is 2.12. The zero-order chi connectivity index (χ0) is 14.9. The Kier molecular flexibility index (Phi) is 3.84. The number of benzene rings is 1. The van der Waals surface area contributed by atoms with Gasteiger partial charge in [0.25, 0.3) is 5.91 Å². The van der Waals surface area contributed by atoms with Crippen molar-refractivity contribution in [3.8, 4) is 0 Å². The molecule has 0 aliphatic rings. The molecule has 0 atom stereocenters. The molecule has 0 bridgehead atoms. The molecule has 0 unspecified atom stereocenters. The molecule has 0 radical (unpaired) electrons. The maximum absolute atomic E-state index is 13.5. The monoisotopic (exact) mass is 272 g/mol. The van der Waals surface area contributed by atoms with Gasteiger partial charge in [0.2, 0.25) is 0 Å². The van der Waals surface area contributed by atoms with Gasteiger partial charge in [-0.1, -0.05) is 6.07 Å². The van der Waals surface area contributed by atoms with E-state index in [2.05, 4.69) is 10.3 Å². The first-order valence-corrected chi connectivity index (χ1v) is 6.41. The summed E-state index contributed by atoms with van der Waals surface area (Å²) < 4.78 is 13.5. The first-order chi connectivity index (χ1) is 9.38. The minimum absolute atomic E-state index is 0.299. The van der Waals surface area contributed by atoms with Gasteiger partial charge < -0.3 is 5.32 Å². The topological polar surface area (TPSA) is 42.0 Å². The smallest absolute Gasteiger partial charge is 0.255 e. The highest BCUT2D eigenvalue weighted by atomic mass is 19.1. The number of rotatable bonds is 2. The van der Waals surface area contributed by atoms with Crippen molar-refractivity contribution in [2.24, 2.45) is 0 Å². The van der Waals surface area contributed by atoms with Gasteiger partial charge in [-0.05, 0) is 57.0 Å². The summed E-state index contributed by atoms with van der Waals surface area (Å²) in [7, 11) is 0. The van der Waals surface area contributed by atoms with Crippen molar-refractivity contribution < 1.29 is 9.18 Å². The number of nitrogens with one attached hydrogen (secondary N) is 1. The maximum atomic E-state index is 13.5. The largest absolute Gasteiger partial charge is 0.320 e. The van der Waals surface area contributed by atoms with Gasteiger partial charge >= 0.3 is 0 Å². The van der Waals surface area contributed by atoms with E-state index in [1.165, 1.54) is 6.07 Å². The normalized spacial score (nSPS) is 10.4. The molecular weight excluding hydrogens is 255 g/mol. The Morgan fingerprint density at radius 1 is 1.10 bits per heavy atom. The van der Waals surface area contributed by atoms with Gasteiger partial charge in [-0.15, -0.1) is 0 Å². The molecular formula is C16H17FN2O. The summed E-state index contributed by atoms with van der Waals surface area (Å²) in [5.74, 6) is -0.714. The van der Waals surface area contributed by atoms with Crippen molar-refractivity contribution in [2.75, 3.05) is 5.32 Å². The van der Waals surface area contributed by atoms with Gasteiger partial charge in [0.05, 0.1) is 11.4 Å². The van der Waals surface area contributed by atoms with Crippen molar-refractivity contribution in [3.63, 3.8) is 0 Å². The highest BCUT2D eigenvalue weighted by Crippen LogP contribution is 2.20. The van der Waals surface area contributed by atoms with E-state index in [4.69, 9.17) is 0 Å². The summed E-state index contributed by atoms with van der Waals surface area (Å²) in [6.45, 7) is 7.31. The van der Waals surface area contributed by atoms with E-state index in [0.29, 0.717) is 16.8 Å². The molecule has 0 saturated heterocycles. The van der Waals surface area contributed by atoms with Gasteiger partial charge in [-0.2, -0.15) is 0 Å². The number of aryl methyl sites for hydroxylation is 4. The summed E-state index contributed by atoms with van der Waals surface area (Å²) in [6, 6.07) is 6.35. The Morgan fingerprint density at radius 2 is 1.80 bits per heavy atom. The molecule has 1 aromatic heterocycles. The number of halogens is 1. The number of pyridine rings is 1. The molecule has 0 aliphatic heterocycles. The molecule has 0 spiro atoms. The van der Waals surface area contributed by atoms with Crippen LogP contribution < -0.4 is 5.32 Å². The molecule has 4 heteroatoms. The summed E-state index contributed by atoms with van der Waals surface area (Å²) >= 11 is 0. The minimum atomic E-state index is -0.381. The molecule has 1 heterocycles. The second kappa shape index (κ2) is 5.41. The number of amides is 1. The number of carbonyl (C=O) groups is 1. The summed E-state index contributed by atoms with van der Waals surface area (Å²) in [5.41, 5.74) is 4.10. The fourth-order valence-electron chi connectivity index (χ4n) is 2.13. The predicted molar refractivity (Wildman–Crippen MR) is 77.5 cm³/mol. The van der Waals surface area contributed by atoms with Crippen molar-refractivity contribution in [1.82, 2.24) is 4.98 Å². The fraction of sp³-hybridized carbons (Fsp3) is 0.250. The molecule has 0 fully saturated rings. The van der Waals surface area contributed by atoms with Crippen LogP contribution in [0.15, 0.2) is 24.3 Å². The van der Waals surface area contributed by atoms with Gasteiger partial charge in [-0.3, -0.25) is 9.78 Å². The first kappa shape index (κ1) is 14.2. The number of hydrogen-bond donors (Lipinski definition) is 1. The number of aromatic nitrogens is 1. The van der Waals surface area contributed by atoms with E-state index in [9.17, 15) is 9.18 Å². The Balaban J connectivity index is 2.30. The van der Waals surface area contributed by atoms with Crippen LogP contribution >= 0.6 is 0 Å². The molecule has 1 aromatic carbocycles. The average Bonchev–Trinajstić information content (AvgIpc) is 2.36. The number of anilines is 1. The van der Waals surface area contributed by atoms with Crippen LogP contribution in [-0.2, 0) is 0 Å². The lowest BCUT2D eigenvalue weighted by Gasteiger charge is -2.12. The third-order valence-corrected chi connectivity index (χ3v) is 3.20. The molecule has 2 aromatic rings. The second-order valence-corrected chi connectivity index (χ2v) is 4.96. The van der Waals surface area contributed by atoms with Crippen LogP contribution in [-0.4, -0.2) is 10.9 Å². The van der Waals surface area contributed by atoms with Gasteiger partial charge in [-0.25, -0.2) is 4.39 Å². The van der Waals surface area contributed by atoms with Crippen LogP contribution in [0.4, 0.5) is 10.1 Å². The summed E-state index contributed by atoms with van der Waals surface area (Å²) in [4.78, 5) is 16.5. The van der Waals surface area contributed by atoms with Crippen LogP contribution in [0, 0.1) is 33.5 Å². The molecule has 1 amide bonds. The van der Waals surface area contributed by atoms with Crippen molar-refractivity contribution in [2.45, 2.75) is 27.7 Å². The Hall–Kier alpha value is -2.23. The third-order valence-electron chi connectivity index (χ3n) is 3.20. The fourth-order valence-corrected chi connectivity index (χ4v) is 2.13. The number of hydrogen-bond acceptors (Lipinski definition) is 2. The number of nitrogens with zero attached hydrogens (tertiary/aromatic N) is 1. The van der Waals surface area contributed by atoms with Crippen LogP contribution in [0.3, 0.4) is 0 Å². The minimum Gasteiger partial charge on any atom is -0.320 e. The van der Waals surface area contributed by atoms with E-state index >= 15 is 0 Å². The van der Waals surface area contributed by atoms with Crippen molar-refractivity contribution in [3.05, 3.63) is 58.2 Å². The van der Waals surface area contributed by atoms with E-state index in [0.717, 1.165) is 17.0 Å². The molecule has 2 rings (SSSR count). The quantitative estimate of drug-likeness (QED) is 0.905. The van der Waals surface area contributed by atoms with Crippen LogP contribution in [0.25, 0.3) is 0 Å². The second-order valence-electron chi connectivity index (χ2n) is 4.96. The Bertz CT molecular complexity index is 657. The molecule has 1 N–H and O–H groups in total. The van der Waals surface area contributed by atoms with Gasteiger partial charge in [0.15, 0.2) is 0 Å². The zero-order valence-electron chi connectivity index (χ0n) is 12.0. The van der Waals surface area contributed by atoms with E-state index in [-0.39, 0.29) is 11.7 Å². The molecule has 0 saturated carbocycles. The first-order valence-electron chi connectivity index (χ1n) is 6.41. The third kappa shape index (κ3) is 2.85. The molecule has 20 heavy (non-hydrogen) atoms. The SMILES string of the molecule is Cc1cc(C)c(NC(=O)c2ccc(C)c(F)c2)c(C)n1. The van der Waals surface area contributed by atoms with Gasteiger partial charge in [0.1, 0.15) is 5.82 Å². The lowest BCUT2D eigenvalue weighted by Crippen LogP contribution is -2.15. The van der Waals surface area contributed by atoms with Crippen LogP contribution in [0.5, 0.6) is 0 Å². The molecule has 104 valence electrons. The van der Waals surface area contributed by atoms with Crippen molar-refractivity contribution >= 4 is 11.6 Å². The van der Waals surface area contributed by atoms with E-state index in [1.54, 1.807) is 19.1 Å². The standard InChI is InChI=1S/C16H17FN2O/c1-9-5-6-13(8-14(9)17)16(20)19-15-10(2)7-11(3)18-12(15)4/h5-8H,1-4H3,(H,19,20). The Morgan fingerprint density at radius 3 is 2.40 bits per heavy atom. The van der Waals surface area contributed by atoms with E-state index in [1.807, 2.05) is 26.8 Å². The summed E-state index contributed by atoms with van der Waals surface area (Å²) in [5, 5.41) is 2.80. The predicted octanol–water partition coefficient (Wildman–Crippen LogP) is 3.71. The van der Waals surface area contributed by atoms with E-state index < -0.39 is 0 Å².